The largest absolute Gasteiger partial charge is 0.367 e. The summed E-state index contributed by atoms with van der Waals surface area (Å²) in [5.41, 5.74) is 6.97. The molecule has 0 aliphatic rings. The molecular weight excluding hydrogens is 256 g/mol. The van der Waals surface area contributed by atoms with Gasteiger partial charge in [0.1, 0.15) is 5.82 Å². The van der Waals surface area contributed by atoms with E-state index in [0.29, 0.717) is 18.3 Å². The molecule has 0 saturated heterocycles. The highest BCUT2D eigenvalue weighted by Crippen LogP contribution is 2.14. The van der Waals surface area contributed by atoms with Gasteiger partial charge in [-0.25, -0.2) is 9.97 Å². The number of rotatable bonds is 4. The molecular formula is C12H12N8. The lowest BCUT2D eigenvalue weighted by Crippen LogP contribution is -2.05. The molecule has 8 heteroatoms. The van der Waals surface area contributed by atoms with E-state index in [2.05, 4.69) is 35.5 Å². The zero-order valence-electron chi connectivity index (χ0n) is 10.5. The number of anilines is 2. The fourth-order valence-electron chi connectivity index (χ4n) is 1.65. The number of nitrogens with two attached hydrogens (primary N) is 1. The summed E-state index contributed by atoms with van der Waals surface area (Å²) >= 11 is 0. The molecule has 0 unspecified atom stereocenters. The minimum atomic E-state index is 0.213. The SMILES string of the molecule is Nc1n[nH]c(CNc2nccc(-c3ccccn3)n2)n1. The number of aromatic amines is 1. The van der Waals surface area contributed by atoms with Crippen molar-refractivity contribution in [2.75, 3.05) is 11.1 Å². The van der Waals surface area contributed by atoms with Gasteiger partial charge in [0.05, 0.1) is 17.9 Å². The van der Waals surface area contributed by atoms with Gasteiger partial charge < -0.3 is 11.1 Å². The van der Waals surface area contributed by atoms with Crippen molar-refractivity contribution in [3.8, 4) is 11.4 Å². The summed E-state index contributed by atoms with van der Waals surface area (Å²) in [5.74, 6) is 1.32. The summed E-state index contributed by atoms with van der Waals surface area (Å²) in [6.45, 7) is 0.413. The molecule has 0 aliphatic carbocycles. The molecule has 20 heavy (non-hydrogen) atoms. The van der Waals surface area contributed by atoms with Gasteiger partial charge in [-0.15, -0.1) is 5.10 Å². The summed E-state index contributed by atoms with van der Waals surface area (Å²) in [5, 5.41) is 9.50. The summed E-state index contributed by atoms with van der Waals surface area (Å²) in [4.78, 5) is 16.8. The molecule has 100 valence electrons. The van der Waals surface area contributed by atoms with E-state index in [1.54, 1.807) is 18.5 Å². The van der Waals surface area contributed by atoms with Crippen LogP contribution in [0.5, 0.6) is 0 Å². The molecule has 0 aliphatic heterocycles. The predicted molar refractivity (Wildman–Crippen MR) is 73.4 cm³/mol. The summed E-state index contributed by atoms with van der Waals surface area (Å²) in [6.07, 6.45) is 3.40. The molecule has 0 aromatic carbocycles. The molecule has 0 amide bonds. The van der Waals surface area contributed by atoms with Crippen LogP contribution in [0.15, 0.2) is 36.7 Å². The second kappa shape index (κ2) is 5.31. The van der Waals surface area contributed by atoms with Crippen LogP contribution in [-0.2, 0) is 6.54 Å². The van der Waals surface area contributed by atoms with E-state index in [1.807, 2.05) is 18.2 Å². The Labute approximate surface area is 114 Å². The molecule has 0 spiro atoms. The Balaban J connectivity index is 1.75. The minimum absolute atomic E-state index is 0.213. The van der Waals surface area contributed by atoms with Crippen LogP contribution in [0.4, 0.5) is 11.9 Å². The molecule has 0 fully saturated rings. The molecule has 0 saturated carbocycles. The fourth-order valence-corrected chi connectivity index (χ4v) is 1.65. The van der Waals surface area contributed by atoms with Gasteiger partial charge in [-0.1, -0.05) is 6.07 Å². The highest BCUT2D eigenvalue weighted by atomic mass is 15.3. The van der Waals surface area contributed by atoms with Crippen molar-refractivity contribution >= 4 is 11.9 Å². The highest BCUT2D eigenvalue weighted by Gasteiger charge is 2.04. The van der Waals surface area contributed by atoms with Crippen LogP contribution in [0.25, 0.3) is 11.4 Å². The Kier molecular flexibility index (Phi) is 3.19. The normalized spacial score (nSPS) is 10.4. The summed E-state index contributed by atoms with van der Waals surface area (Å²) < 4.78 is 0. The van der Waals surface area contributed by atoms with Crippen LogP contribution in [0.2, 0.25) is 0 Å². The summed E-state index contributed by atoms with van der Waals surface area (Å²) in [7, 11) is 0. The van der Waals surface area contributed by atoms with Crippen LogP contribution in [-0.4, -0.2) is 30.1 Å². The molecule has 0 radical (unpaired) electrons. The smallest absolute Gasteiger partial charge is 0.239 e. The van der Waals surface area contributed by atoms with Crippen molar-refractivity contribution in [1.82, 2.24) is 30.1 Å². The molecule has 4 N–H and O–H groups in total. The number of hydrogen-bond donors (Lipinski definition) is 3. The van der Waals surface area contributed by atoms with E-state index in [1.165, 1.54) is 0 Å². The first-order valence-electron chi connectivity index (χ1n) is 5.96. The second-order valence-electron chi connectivity index (χ2n) is 3.97. The number of pyridine rings is 1. The van der Waals surface area contributed by atoms with Crippen LogP contribution in [0.3, 0.4) is 0 Å². The maximum absolute atomic E-state index is 5.43. The summed E-state index contributed by atoms with van der Waals surface area (Å²) in [6, 6.07) is 7.47. The first-order chi connectivity index (χ1) is 9.81. The van der Waals surface area contributed by atoms with Gasteiger partial charge in [-0.05, 0) is 18.2 Å². The lowest BCUT2D eigenvalue weighted by atomic mass is 10.3. The van der Waals surface area contributed by atoms with Gasteiger partial charge in [0, 0.05) is 12.4 Å². The minimum Gasteiger partial charge on any atom is -0.367 e. The number of hydrogen-bond acceptors (Lipinski definition) is 7. The predicted octanol–water partition coefficient (Wildman–Crippen LogP) is 0.851. The maximum atomic E-state index is 5.43. The molecule has 8 nitrogen and oxygen atoms in total. The van der Waals surface area contributed by atoms with Gasteiger partial charge in [-0.3, -0.25) is 10.1 Å². The Bertz CT molecular complexity index is 693. The molecule has 3 heterocycles. The third-order valence-electron chi connectivity index (χ3n) is 2.55. The molecule has 3 rings (SSSR count). The standard InChI is InChI=1S/C12H12N8/c13-11-18-10(19-20-11)7-16-12-15-6-4-9(17-12)8-3-1-2-5-14-8/h1-6H,7H2,(H,15,16,17)(H3,13,18,19,20). The van der Waals surface area contributed by atoms with Crippen molar-refractivity contribution in [3.63, 3.8) is 0 Å². The van der Waals surface area contributed by atoms with Crippen molar-refractivity contribution in [2.45, 2.75) is 6.54 Å². The van der Waals surface area contributed by atoms with Gasteiger partial charge in [0.15, 0.2) is 0 Å². The van der Waals surface area contributed by atoms with Crippen LogP contribution in [0, 0.1) is 0 Å². The quantitative estimate of drug-likeness (QED) is 0.641. The monoisotopic (exact) mass is 268 g/mol. The average Bonchev–Trinajstić information content (AvgIpc) is 2.92. The van der Waals surface area contributed by atoms with E-state index >= 15 is 0 Å². The lowest BCUT2D eigenvalue weighted by Gasteiger charge is -2.04. The van der Waals surface area contributed by atoms with Crippen molar-refractivity contribution < 1.29 is 0 Å². The lowest BCUT2D eigenvalue weighted by molar-refractivity contribution is 0.936. The zero-order chi connectivity index (χ0) is 13.8. The Morgan fingerprint density at radius 3 is 2.75 bits per heavy atom. The van der Waals surface area contributed by atoms with E-state index in [4.69, 9.17) is 5.73 Å². The highest BCUT2D eigenvalue weighted by molar-refractivity contribution is 5.54. The number of H-pyrrole nitrogens is 1. The van der Waals surface area contributed by atoms with E-state index in [9.17, 15) is 0 Å². The molecule has 3 aromatic rings. The first kappa shape index (κ1) is 12.0. The Morgan fingerprint density at radius 2 is 2.00 bits per heavy atom. The number of nitrogens with zero attached hydrogens (tertiary/aromatic N) is 5. The van der Waals surface area contributed by atoms with Crippen LogP contribution in [0.1, 0.15) is 5.82 Å². The number of nitrogens with one attached hydrogen (secondary N) is 2. The topological polar surface area (TPSA) is 118 Å². The van der Waals surface area contributed by atoms with Gasteiger partial charge in [-0.2, -0.15) is 4.98 Å². The van der Waals surface area contributed by atoms with Gasteiger partial charge in [0.25, 0.3) is 0 Å². The number of nitrogen functional groups attached to an aromatic ring is 1. The third-order valence-corrected chi connectivity index (χ3v) is 2.55. The van der Waals surface area contributed by atoms with Crippen molar-refractivity contribution in [3.05, 3.63) is 42.5 Å². The van der Waals surface area contributed by atoms with Gasteiger partial charge in [0.2, 0.25) is 11.9 Å². The van der Waals surface area contributed by atoms with Crippen LogP contribution < -0.4 is 11.1 Å². The number of aromatic nitrogens is 6. The Hall–Kier alpha value is -3.03. The van der Waals surface area contributed by atoms with E-state index in [-0.39, 0.29) is 5.95 Å². The maximum Gasteiger partial charge on any atom is 0.239 e. The molecule has 3 aromatic heterocycles. The van der Waals surface area contributed by atoms with Crippen molar-refractivity contribution in [1.29, 1.82) is 0 Å². The van der Waals surface area contributed by atoms with Crippen LogP contribution >= 0.6 is 0 Å². The van der Waals surface area contributed by atoms with E-state index in [0.717, 1.165) is 11.4 Å². The van der Waals surface area contributed by atoms with Crippen molar-refractivity contribution in [2.24, 2.45) is 0 Å². The van der Waals surface area contributed by atoms with Gasteiger partial charge >= 0.3 is 0 Å². The zero-order valence-corrected chi connectivity index (χ0v) is 10.5. The fraction of sp³-hybridized carbons (Fsp3) is 0.0833. The molecule has 0 atom stereocenters. The molecule has 0 bridgehead atoms. The second-order valence-corrected chi connectivity index (χ2v) is 3.97. The first-order valence-corrected chi connectivity index (χ1v) is 5.96. The Morgan fingerprint density at radius 1 is 1.05 bits per heavy atom. The third kappa shape index (κ3) is 2.69. The van der Waals surface area contributed by atoms with E-state index < -0.39 is 0 Å². The average molecular weight is 268 g/mol.